The predicted octanol–water partition coefficient (Wildman–Crippen LogP) is 2.42. The molecule has 1 atom stereocenters. The maximum atomic E-state index is 12.1. The highest BCUT2D eigenvalue weighted by Crippen LogP contribution is 2.16. The van der Waals surface area contributed by atoms with E-state index in [2.05, 4.69) is 5.32 Å². The maximum absolute atomic E-state index is 12.1. The van der Waals surface area contributed by atoms with Gasteiger partial charge in [0.05, 0.1) is 26.9 Å². The van der Waals surface area contributed by atoms with Crippen molar-refractivity contribution in [3.63, 3.8) is 0 Å². The summed E-state index contributed by atoms with van der Waals surface area (Å²) in [6.07, 6.45) is 1.46. The highest BCUT2D eigenvalue weighted by Gasteiger charge is 2.16. The summed E-state index contributed by atoms with van der Waals surface area (Å²) in [5, 5.41) is 2.54. The van der Waals surface area contributed by atoms with Gasteiger partial charge in [0.1, 0.15) is 0 Å². The van der Waals surface area contributed by atoms with Gasteiger partial charge in [-0.05, 0) is 31.2 Å². The van der Waals surface area contributed by atoms with Gasteiger partial charge in [-0.2, -0.15) is 0 Å². The van der Waals surface area contributed by atoms with Crippen molar-refractivity contribution in [1.29, 1.82) is 0 Å². The number of anilines is 1. The average Bonchev–Trinajstić information content (AvgIpc) is 2.60. The van der Waals surface area contributed by atoms with Crippen LogP contribution in [0.2, 0.25) is 0 Å². The van der Waals surface area contributed by atoms with Gasteiger partial charge < -0.3 is 10.1 Å². The van der Waals surface area contributed by atoms with Gasteiger partial charge in [-0.15, -0.1) is 0 Å². The van der Waals surface area contributed by atoms with Crippen LogP contribution in [0.15, 0.2) is 53.4 Å². The Morgan fingerprint density at radius 3 is 2.24 bits per heavy atom. The normalized spacial score (nSPS) is 11.4. The Balaban J connectivity index is 2.03. The fourth-order valence-electron chi connectivity index (χ4n) is 2.18. The number of hydrogen-bond acceptors (Lipinski definition) is 5. The number of para-hydroxylation sites is 1. The first-order chi connectivity index (χ1) is 11.9. The Kier molecular flexibility index (Phi) is 6.19. The molecule has 6 nitrogen and oxygen atoms in total. The van der Waals surface area contributed by atoms with E-state index in [0.717, 1.165) is 0 Å². The molecule has 0 radical (unpaired) electrons. The van der Waals surface area contributed by atoms with E-state index >= 15 is 0 Å². The van der Waals surface area contributed by atoms with E-state index in [1.54, 1.807) is 42.5 Å². The van der Waals surface area contributed by atoms with E-state index in [0.29, 0.717) is 16.1 Å². The molecule has 0 saturated carbocycles. The van der Waals surface area contributed by atoms with Crippen LogP contribution in [-0.4, -0.2) is 34.7 Å². The minimum atomic E-state index is -1.35. The molecule has 0 aliphatic carbocycles. The summed E-state index contributed by atoms with van der Waals surface area (Å²) in [4.78, 5) is 36.0. The molecule has 0 heterocycles. The van der Waals surface area contributed by atoms with Crippen molar-refractivity contribution in [3.8, 4) is 0 Å². The number of amides is 1. The molecule has 0 bridgehead atoms. The Morgan fingerprint density at radius 2 is 1.60 bits per heavy atom. The summed E-state index contributed by atoms with van der Waals surface area (Å²) in [7, 11) is -1.35. The monoisotopic (exact) mass is 359 g/mol. The van der Waals surface area contributed by atoms with Crippen LogP contribution in [0, 0.1) is 0 Å². The van der Waals surface area contributed by atoms with Crippen LogP contribution >= 0.6 is 0 Å². The topological polar surface area (TPSA) is 89.5 Å². The van der Waals surface area contributed by atoms with Crippen molar-refractivity contribution in [2.75, 3.05) is 18.2 Å². The number of carbonyl (C=O) groups excluding carboxylic acids is 3. The summed E-state index contributed by atoms with van der Waals surface area (Å²) in [5.74, 6) is -1.50. The molecule has 0 spiro atoms. The van der Waals surface area contributed by atoms with Gasteiger partial charge >= 0.3 is 5.97 Å². The van der Waals surface area contributed by atoms with Gasteiger partial charge in [0.25, 0.3) is 5.91 Å². The Bertz CT molecular complexity index is 847. The van der Waals surface area contributed by atoms with Crippen LogP contribution in [0.25, 0.3) is 0 Å². The molecule has 130 valence electrons. The number of Topliss-reactive ketones (excluding diaryl/α,β-unsaturated/α-hetero) is 1. The number of hydrogen-bond donors (Lipinski definition) is 1. The van der Waals surface area contributed by atoms with E-state index < -0.39 is 29.3 Å². The number of ether oxygens (including phenoxy) is 1. The molecule has 1 N–H and O–H groups in total. The number of ketones is 1. The number of carbonyl (C=O) groups is 3. The van der Waals surface area contributed by atoms with E-state index in [1.807, 2.05) is 0 Å². The fraction of sp³-hybridized carbons (Fsp3) is 0.167. The summed E-state index contributed by atoms with van der Waals surface area (Å²) < 4.78 is 16.6. The summed E-state index contributed by atoms with van der Waals surface area (Å²) in [6.45, 7) is 0.878. The zero-order valence-electron chi connectivity index (χ0n) is 13.8. The number of benzene rings is 2. The minimum Gasteiger partial charge on any atom is -0.452 e. The van der Waals surface area contributed by atoms with Crippen molar-refractivity contribution in [3.05, 3.63) is 59.7 Å². The zero-order chi connectivity index (χ0) is 18.4. The van der Waals surface area contributed by atoms with Gasteiger partial charge in [0.2, 0.25) is 0 Å². The van der Waals surface area contributed by atoms with Gasteiger partial charge in [-0.25, -0.2) is 4.79 Å². The molecule has 2 aromatic carbocycles. The van der Waals surface area contributed by atoms with Crippen LogP contribution < -0.4 is 5.32 Å². The largest absolute Gasteiger partial charge is 0.452 e. The second kappa shape index (κ2) is 8.34. The molecule has 7 heteroatoms. The highest BCUT2D eigenvalue weighted by atomic mass is 32.2. The lowest BCUT2D eigenvalue weighted by Crippen LogP contribution is -2.22. The smallest absolute Gasteiger partial charge is 0.339 e. The molecule has 0 unspecified atom stereocenters. The lowest BCUT2D eigenvalue weighted by atomic mass is 10.1. The first-order valence-electron chi connectivity index (χ1n) is 7.39. The molecule has 25 heavy (non-hydrogen) atoms. The molecule has 0 saturated heterocycles. The summed E-state index contributed by atoms with van der Waals surface area (Å²) >= 11 is 0. The highest BCUT2D eigenvalue weighted by molar-refractivity contribution is 7.84. The van der Waals surface area contributed by atoms with Gasteiger partial charge in [-0.1, -0.05) is 24.3 Å². The molecule has 0 aliphatic rings. The summed E-state index contributed by atoms with van der Waals surface area (Å²) in [5.41, 5.74) is 0.875. The molecule has 0 aliphatic heterocycles. The molecule has 2 aromatic rings. The molecular weight excluding hydrogens is 342 g/mol. The first kappa shape index (κ1) is 18.5. The zero-order valence-corrected chi connectivity index (χ0v) is 14.6. The minimum absolute atomic E-state index is 0.153. The molecular formula is C18H17NO5S. The second-order valence-electron chi connectivity index (χ2n) is 5.18. The lowest BCUT2D eigenvalue weighted by molar-refractivity contribution is -0.119. The molecule has 1 amide bonds. The van der Waals surface area contributed by atoms with Crippen LogP contribution in [0.1, 0.15) is 27.6 Å². The molecule has 0 aromatic heterocycles. The number of nitrogens with one attached hydrogen (secondary N) is 1. The van der Waals surface area contributed by atoms with Crippen LogP contribution in [0.3, 0.4) is 0 Å². The predicted molar refractivity (Wildman–Crippen MR) is 94.1 cm³/mol. The lowest BCUT2D eigenvalue weighted by Gasteiger charge is -2.10. The average molecular weight is 359 g/mol. The van der Waals surface area contributed by atoms with Crippen molar-refractivity contribution in [2.45, 2.75) is 11.8 Å². The van der Waals surface area contributed by atoms with Gasteiger partial charge in [0, 0.05) is 11.8 Å². The Morgan fingerprint density at radius 1 is 1.00 bits per heavy atom. The SMILES string of the molecule is CC(=O)c1ccccc1NC(=O)COC(=O)c1ccccc1[S@@](C)=O. The van der Waals surface area contributed by atoms with Crippen molar-refractivity contribution in [2.24, 2.45) is 0 Å². The van der Waals surface area contributed by atoms with E-state index in [1.165, 1.54) is 19.2 Å². The number of rotatable bonds is 6. The van der Waals surface area contributed by atoms with Crippen LogP contribution in [0.4, 0.5) is 5.69 Å². The van der Waals surface area contributed by atoms with Crippen LogP contribution in [-0.2, 0) is 20.3 Å². The van der Waals surface area contributed by atoms with Gasteiger partial charge in [-0.3, -0.25) is 13.8 Å². The van der Waals surface area contributed by atoms with E-state index in [4.69, 9.17) is 4.74 Å². The van der Waals surface area contributed by atoms with Crippen molar-refractivity contribution in [1.82, 2.24) is 0 Å². The standard InChI is InChI=1S/C18H17NO5S/c1-12(20)13-7-3-5-9-15(13)19-17(21)11-24-18(22)14-8-4-6-10-16(14)25(2)23/h3-10H,11H2,1-2H3,(H,19,21)/t25-/m1/s1. The maximum Gasteiger partial charge on any atom is 0.339 e. The third kappa shape index (κ3) is 4.84. The van der Waals surface area contributed by atoms with E-state index in [-0.39, 0.29) is 11.3 Å². The van der Waals surface area contributed by atoms with Crippen molar-refractivity contribution >= 4 is 34.1 Å². The first-order valence-corrected chi connectivity index (χ1v) is 8.95. The second-order valence-corrected chi connectivity index (χ2v) is 6.52. The molecule has 2 rings (SSSR count). The third-order valence-corrected chi connectivity index (χ3v) is 4.31. The third-order valence-electron chi connectivity index (χ3n) is 3.33. The summed E-state index contributed by atoms with van der Waals surface area (Å²) in [6, 6.07) is 12.9. The fourth-order valence-corrected chi connectivity index (χ4v) is 2.91. The van der Waals surface area contributed by atoms with E-state index in [9.17, 15) is 18.6 Å². The quantitative estimate of drug-likeness (QED) is 0.632. The molecule has 0 fully saturated rings. The van der Waals surface area contributed by atoms with Gasteiger partial charge in [0.15, 0.2) is 12.4 Å². The Labute approximate surface area is 147 Å². The van der Waals surface area contributed by atoms with Crippen molar-refractivity contribution < 1.29 is 23.3 Å². The van der Waals surface area contributed by atoms with Crippen LogP contribution in [0.5, 0.6) is 0 Å². The Hall–Kier alpha value is -2.80. The number of esters is 1.